The summed E-state index contributed by atoms with van der Waals surface area (Å²) < 4.78 is 10.3. The first-order valence-corrected chi connectivity index (χ1v) is 5.76. The average molecular weight is 256 g/mol. The van der Waals surface area contributed by atoms with Gasteiger partial charge in [-0.05, 0) is 17.7 Å². The molecular formula is C12H14ClNO3. The highest BCUT2D eigenvalue weighted by Crippen LogP contribution is 2.18. The van der Waals surface area contributed by atoms with E-state index in [1.54, 1.807) is 12.1 Å². The molecule has 1 heterocycles. The number of hydrogen-bond donors (Lipinski definition) is 1. The highest BCUT2D eigenvalue weighted by Gasteiger charge is 2.39. The monoisotopic (exact) mass is 255 g/mol. The van der Waals surface area contributed by atoms with Crippen LogP contribution in [-0.4, -0.2) is 24.7 Å². The van der Waals surface area contributed by atoms with E-state index in [9.17, 15) is 4.79 Å². The lowest BCUT2D eigenvalue weighted by atomic mass is 10.0. The minimum Gasteiger partial charge on any atom is -0.459 e. The summed E-state index contributed by atoms with van der Waals surface area (Å²) in [5.41, 5.74) is 5.72. The van der Waals surface area contributed by atoms with Crippen LogP contribution in [0.1, 0.15) is 12.0 Å². The quantitative estimate of drug-likeness (QED) is 0.832. The van der Waals surface area contributed by atoms with Crippen molar-refractivity contribution < 1.29 is 14.3 Å². The SMILES string of the molecule is NC1(C(=O)OCc2cccc(Cl)c2)CCOC1. The van der Waals surface area contributed by atoms with Gasteiger partial charge in [-0.15, -0.1) is 0 Å². The van der Waals surface area contributed by atoms with Crippen LogP contribution in [0.2, 0.25) is 5.02 Å². The number of benzene rings is 1. The summed E-state index contributed by atoms with van der Waals surface area (Å²) in [6.07, 6.45) is 0.501. The first-order chi connectivity index (χ1) is 8.10. The number of esters is 1. The normalized spacial score (nSPS) is 23.6. The molecule has 1 saturated heterocycles. The number of nitrogens with two attached hydrogens (primary N) is 1. The van der Waals surface area contributed by atoms with Crippen LogP contribution in [0.4, 0.5) is 0 Å². The lowest BCUT2D eigenvalue weighted by molar-refractivity contribution is -0.151. The van der Waals surface area contributed by atoms with Crippen molar-refractivity contribution in [2.75, 3.05) is 13.2 Å². The van der Waals surface area contributed by atoms with Gasteiger partial charge in [0.1, 0.15) is 12.1 Å². The molecule has 1 aromatic rings. The largest absolute Gasteiger partial charge is 0.459 e. The molecule has 1 fully saturated rings. The van der Waals surface area contributed by atoms with E-state index in [2.05, 4.69) is 0 Å². The summed E-state index contributed by atoms with van der Waals surface area (Å²) in [5.74, 6) is -0.421. The van der Waals surface area contributed by atoms with Crippen molar-refractivity contribution in [3.8, 4) is 0 Å². The van der Waals surface area contributed by atoms with Crippen molar-refractivity contribution in [2.24, 2.45) is 5.73 Å². The standard InChI is InChI=1S/C12H14ClNO3/c13-10-3-1-2-9(6-10)7-17-11(15)12(14)4-5-16-8-12/h1-3,6H,4-5,7-8,14H2. The molecule has 4 nitrogen and oxygen atoms in total. The van der Waals surface area contributed by atoms with Gasteiger partial charge < -0.3 is 15.2 Å². The fourth-order valence-electron chi connectivity index (χ4n) is 1.66. The van der Waals surface area contributed by atoms with E-state index < -0.39 is 11.5 Å². The van der Waals surface area contributed by atoms with E-state index in [1.807, 2.05) is 12.1 Å². The Balaban J connectivity index is 1.92. The lowest BCUT2D eigenvalue weighted by Crippen LogP contribution is -2.49. The number of carbonyl (C=O) groups is 1. The van der Waals surface area contributed by atoms with Crippen molar-refractivity contribution in [3.63, 3.8) is 0 Å². The van der Waals surface area contributed by atoms with Gasteiger partial charge in [0, 0.05) is 18.1 Å². The molecule has 1 unspecified atom stereocenters. The van der Waals surface area contributed by atoms with Crippen LogP contribution in [0.25, 0.3) is 0 Å². The molecule has 1 atom stereocenters. The number of halogens is 1. The Labute approximate surface area is 105 Å². The Morgan fingerprint density at radius 1 is 1.59 bits per heavy atom. The number of rotatable bonds is 3. The number of carbonyl (C=O) groups excluding carboxylic acids is 1. The second-order valence-electron chi connectivity index (χ2n) is 4.16. The third-order valence-corrected chi connectivity index (χ3v) is 2.95. The molecule has 1 aromatic carbocycles. The van der Waals surface area contributed by atoms with Gasteiger partial charge in [-0.25, -0.2) is 4.79 Å². The van der Waals surface area contributed by atoms with Crippen LogP contribution < -0.4 is 5.73 Å². The van der Waals surface area contributed by atoms with E-state index in [0.717, 1.165) is 5.56 Å². The molecular weight excluding hydrogens is 242 g/mol. The smallest absolute Gasteiger partial charge is 0.328 e. The Bertz CT molecular complexity index is 416. The van der Waals surface area contributed by atoms with Gasteiger partial charge in [0.25, 0.3) is 0 Å². The third kappa shape index (κ3) is 2.97. The van der Waals surface area contributed by atoms with E-state index >= 15 is 0 Å². The van der Waals surface area contributed by atoms with Gasteiger partial charge >= 0.3 is 5.97 Å². The summed E-state index contributed by atoms with van der Waals surface area (Å²) in [6.45, 7) is 0.905. The molecule has 17 heavy (non-hydrogen) atoms. The van der Waals surface area contributed by atoms with Crippen LogP contribution in [0.5, 0.6) is 0 Å². The summed E-state index contributed by atoms with van der Waals surface area (Å²) in [7, 11) is 0. The highest BCUT2D eigenvalue weighted by molar-refractivity contribution is 6.30. The van der Waals surface area contributed by atoms with E-state index in [1.165, 1.54) is 0 Å². The molecule has 5 heteroatoms. The molecule has 0 radical (unpaired) electrons. The van der Waals surface area contributed by atoms with Gasteiger partial charge in [0.15, 0.2) is 0 Å². The predicted molar refractivity (Wildman–Crippen MR) is 63.6 cm³/mol. The molecule has 1 aliphatic rings. The van der Waals surface area contributed by atoms with Crippen molar-refractivity contribution in [3.05, 3.63) is 34.9 Å². The van der Waals surface area contributed by atoms with Crippen LogP contribution in [0.3, 0.4) is 0 Å². The molecule has 0 aromatic heterocycles. The second-order valence-corrected chi connectivity index (χ2v) is 4.60. The van der Waals surface area contributed by atoms with Gasteiger partial charge in [-0.2, -0.15) is 0 Å². The van der Waals surface area contributed by atoms with Crippen molar-refractivity contribution in [2.45, 2.75) is 18.6 Å². The van der Waals surface area contributed by atoms with Crippen molar-refractivity contribution >= 4 is 17.6 Å². The zero-order chi connectivity index (χ0) is 12.3. The Hall–Kier alpha value is -1.10. The maximum absolute atomic E-state index is 11.8. The molecule has 92 valence electrons. The molecule has 2 rings (SSSR count). The molecule has 2 N–H and O–H groups in total. The van der Waals surface area contributed by atoms with Gasteiger partial charge in [0.05, 0.1) is 6.61 Å². The molecule has 1 aliphatic heterocycles. The zero-order valence-electron chi connectivity index (χ0n) is 9.32. The van der Waals surface area contributed by atoms with Gasteiger partial charge in [-0.1, -0.05) is 23.7 Å². The lowest BCUT2D eigenvalue weighted by Gasteiger charge is -2.19. The van der Waals surface area contributed by atoms with Gasteiger partial charge in [-0.3, -0.25) is 0 Å². The maximum atomic E-state index is 11.8. The fourth-order valence-corrected chi connectivity index (χ4v) is 1.87. The maximum Gasteiger partial charge on any atom is 0.328 e. The minimum atomic E-state index is -0.988. The van der Waals surface area contributed by atoms with E-state index in [4.69, 9.17) is 26.8 Å². The summed E-state index contributed by atoms with van der Waals surface area (Å²) in [5, 5.41) is 0.616. The number of hydrogen-bond acceptors (Lipinski definition) is 4. The second kappa shape index (κ2) is 5.04. The first kappa shape index (κ1) is 12.4. The predicted octanol–water partition coefficient (Wildman–Crippen LogP) is 1.50. The van der Waals surface area contributed by atoms with E-state index in [-0.39, 0.29) is 13.2 Å². The zero-order valence-corrected chi connectivity index (χ0v) is 10.1. The van der Waals surface area contributed by atoms with Crippen molar-refractivity contribution in [1.29, 1.82) is 0 Å². The summed E-state index contributed by atoms with van der Waals surface area (Å²) in [4.78, 5) is 11.8. The fraction of sp³-hybridized carbons (Fsp3) is 0.417. The van der Waals surface area contributed by atoms with E-state index in [0.29, 0.717) is 18.1 Å². The van der Waals surface area contributed by atoms with Gasteiger partial charge in [0.2, 0.25) is 0 Å². The van der Waals surface area contributed by atoms with Crippen molar-refractivity contribution in [1.82, 2.24) is 0 Å². The average Bonchev–Trinajstić information content (AvgIpc) is 2.74. The van der Waals surface area contributed by atoms with Crippen LogP contribution in [0.15, 0.2) is 24.3 Å². The minimum absolute atomic E-state index is 0.179. The molecule has 0 bridgehead atoms. The molecule has 0 aliphatic carbocycles. The Morgan fingerprint density at radius 3 is 3.06 bits per heavy atom. The molecule has 0 spiro atoms. The first-order valence-electron chi connectivity index (χ1n) is 5.38. The van der Waals surface area contributed by atoms with Crippen LogP contribution in [0, 0.1) is 0 Å². The summed E-state index contributed by atoms with van der Waals surface area (Å²) in [6, 6.07) is 7.17. The van der Waals surface area contributed by atoms with Crippen LogP contribution in [-0.2, 0) is 20.9 Å². The summed E-state index contributed by atoms with van der Waals surface area (Å²) >= 11 is 5.83. The highest BCUT2D eigenvalue weighted by atomic mass is 35.5. The Kier molecular flexibility index (Phi) is 3.66. The third-order valence-electron chi connectivity index (χ3n) is 2.72. The number of ether oxygens (including phenoxy) is 2. The topological polar surface area (TPSA) is 61.6 Å². The Morgan fingerprint density at radius 2 is 2.41 bits per heavy atom. The van der Waals surface area contributed by atoms with Crippen LogP contribution >= 0.6 is 11.6 Å². The molecule has 0 amide bonds. The molecule has 0 saturated carbocycles.